The molecule has 0 bridgehead atoms. The lowest BCUT2D eigenvalue weighted by molar-refractivity contribution is -0.390. The van der Waals surface area contributed by atoms with Crippen molar-refractivity contribution in [3.05, 3.63) is 62.3 Å². The van der Waals surface area contributed by atoms with Crippen LogP contribution < -0.4 is 10.5 Å². The molecular weight excluding hydrogens is 280 g/mol. The molecule has 1 heterocycles. The van der Waals surface area contributed by atoms with Gasteiger partial charge in [0.25, 0.3) is 5.69 Å². The molecule has 2 aromatic rings. The summed E-state index contributed by atoms with van der Waals surface area (Å²) in [4.78, 5) is 23.9. The number of pyridine rings is 1. The van der Waals surface area contributed by atoms with Crippen LogP contribution in [0, 0.1) is 20.2 Å². The molecule has 0 saturated heterocycles. The third-order valence-electron chi connectivity index (χ3n) is 2.61. The van der Waals surface area contributed by atoms with Gasteiger partial charge in [-0.1, -0.05) is 6.07 Å². The van der Waals surface area contributed by atoms with Crippen LogP contribution in [0.3, 0.4) is 0 Å². The van der Waals surface area contributed by atoms with Gasteiger partial charge in [-0.05, 0) is 33.7 Å². The Labute approximate surface area is 118 Å². The lowest BCUT2D eigenvalue weighted by Crippen LogP contribution is -2.02. The minimum atomic E-state index is -0.666. The predicted molar refractivity (Wildman–Crippen MR) is 72.7 cm³/mol. The fourth-order valence-corrected chi connectivity index (χ4v) is 1.63. The van der Waals surface area contributed by atoms with Gasteiger partial charge in [0, 0.05) is 6.07 Å². The first-order valence-electron chi connectivity index (χ1n) is 5.74. The Bertz CT molecular complexity index is 704. The van der Waals surface area contributed by atoms with Crippen molar-refractivity contribution in [3.8, 4) is 5.75 Å². The first-order valence-corrected chi connectivity index (χ1v) is 5.74. The molecule has 0 atom stereocenters. The molecule has 0 aliphatic rings. The number of rotatable bonds is 5. The first-order chi connectivity index (χ1) is 9.99. The van der Waals surface area contributed by atoms with E-state index in [1.165, 1.54) is 30.5 Å². The van der Waals surface area contributed by atoms with Crippen LogP contribution in [-0.2, 0) is 6.61 Å². The molecule has 1 aromatic heterocycles. The molecule has 9 heteroatoms. The monoisotopic (exact) mass is 290 g/mol. The van der Waals surface area contributed by atoms with Crippen LogP contribution >= 0.6 is 0 Å². The highest BCUT2D eigenvalue weighted by molar-refractivity contribution is 5.59. The first kappa shape index (κ1) is 14.2. The zero-order chi connectivity index (χ0) is 15.4. The summed E-state index contributed by atoms with van der Waals surface area (Å²) in [5.74, 6) is -0.426. The van der Waals surface area contributed by atoms with E-state index in [0.717, 1.165) is 0 Å². The number of nitrogen functional groups attached to an aromatic ring is 1. The van der Waals surface area contributed by atoms with Gasteiger partial charge in [0.2, 0.25) is 5.75 Å². The van der Waals surface area contributed by atoms with E-state index in [9.17, 15) is 20.2 Å². The van der Waals surface area contributed by atoms with Gasteiger partial charge in [-0.25, -0.2) is 0 Å². The second-order valence-corrected chi connectivity index (χ2v) is 4.02. The van der Waals surface area contributed by atoms with Crippen LogP contribution in [0.25, 0.3) is 0 Å². The Morgan fingerprint density at radius 3 is 2.62 bits per heavy atom. The number of hydrogen-bond acceptors (Lipinski definition) is 7. The minimum absolute atomic E-state index is 0.0121. The van der Waals surface area contributed by atoms with E-state index in [4.69, 9.17) is 10.5 Å². The van der Waals surface area contributed by atoms with Crippen LogP contribution in [0.2, 0.25) is 0 Å². The number of anilines is 1. The molecule has 0 aliphatic carbocycles. The summed E-state index contributed by atoms with van der Waals surface area (Å²) >= 11 is 0. The summed E-state index contributed by atoms with van der Waals surface area (Å²) in [7, 11) is 0. The lowest BCUT2D eigenvalue weighted by atomic mass is 10.2. The van der Waals surface area contributed by atoms with Gasteiger partial charge >= 0.3 is 5.82 Å². The second kappa shape index (κ2) is 5.82. The highest BCUT2D eigenvalue weighted by Crippen LogP contribution is 2.26. The molecule has 108 valence electrons. The third kappa shape index (κ3) is 3.21. The number of nitro groups is 2. The molecule has 21 heavy (non-hydrogen) atoms. The largest absolute Gasteiger partial charge is 0.481 e. The van der Waals surface area contributed by atoms with Crippen LogP contribution in [-0.4, -0.2) is 14.8 Å². The summed E-state index contributed by atoms with van der Waals surface area (Å²) in [6, 6.07) is 7.08. The van der Waals surface area contributed by atoms with Crippen molar-refractivity contribution in [1.82, 2.24) is 4.98 Å². The van der Waals surface area contributed by atoms with E-state index in [0.29, 0.717) is 5.56 Å². The Kier molecular flexibility index (Phi) is 3.93. The van der Waals surface area contributed by atoms with Crippen LogP contribution in [0.5, 0.6) is 5.75 Å². The summed E-state index contributed by atoms with van der Waals surface area (Å²) < 4.78 is 5.29. The van der Waals surface area contributed by atoms with E-state index in [1.54, 1.807) is 6.07 Å². The molecule has 1 aromatic carbocycles. The van der Waals surface area contributed by atoms with Gasteiger partial charge in [-0.15, -0.1) is 0 Å². The lowest BCUT2D eigenvalue weighted by Gasteiger charge is -2.06. The van der Waals surface area contributed by atoms with Crippen molar-refractivity contribution < 1.29 is 14.6 Å². The van der Waals surface area contributed by atoms with E-state index in [-0.39, 0.29) is 23.7 Å². The summed E-state index contributed by atoms with van der Waals surface area (Å²) in [5.41, 5.74) is 5.75. The second-order valence-electron chi connectivity index (χ2n) is 4.02. The van der Waals surface area contributed by atoms with Crippen molar-refractivity contribution in [2.75, 3.05) is 5.73 Å². The number of hydrogen-bond donors (Lipinski definition) is 1. The Morgan fingerprint density at radius 2 is 1.95 bits per heavy atom. The minimum Gasteiger partial charge on any atom is -0.481 e. The van der Waals surface area contributed by atoms with Gasteiger partial charge in [0.15, 0.2) is 0 Å². The molecule has 2 N–H and O–H groups in total. The average molecular weight is 290 g/mol. The average Bonchev–Trinajstić information content (AvgIpc) is 2.46. The van der Waals surface area contributed by atoms with Gasteiger partial charge < -0.3 is 20.6 Å². The number of benzene rings is 1. The summed E-state index contributed by atoms with van der Waals surface area (Å²) in [6.07, 6.45) is 1.28. The Balaban J connectivity index is 2.19. The van der Waals surface area contributed by atoms with Crippen molar-refractivity contribution in [1.29, 1.82) is 0 Å². The standard InChI is InChI=1S/C12H10N4O5/c13-9-4-3-8(6-10(9)15(17)18)7-21-11-2-1-5-14-12(11)16(19)20/h1-6H,7,13H2. The van der Waals surface area contributed by atoms with Gasteiger partial charge in [-0.3, -0.25) is 10.1 Å². The summed E-state index contributed by atoms with van der Waals surface area (Å²) in [5, 5.41) is 21.6. The highest BCUT2D eigenvalue weighted by Gasteiger charge is 2.17. The predicted octanol–water partition coefficient (Wildman–Crippen LogP) is 2.06. The number of nitrogens with two attached hydrogens (primary N) is 1. The Morgan fingerprint density at radius 1 is 1.19 bits per heavy atom. The van der Waals surface area contributed by atoms with Crippen molar-refractivity contribution in [3.63, 3.8) is 0 Å². The SMILES string of the molecule is Nc1ccc(COc2cccnc2[N+](=O)[O-])cc1[N+](=O)[O-]. The smallest absolute Gasteiger partial charge is 0.406 e. The number of ether oxygens (including phenoxy) is 1. The maximum Gasteiger partial charge on any atom is 0.406 e. The maximum atomic E-state index is 10.8. The quantitative estimate of drug-likeness (QED) is 0.505. The number of aromatic nitrogens is 1. The highest BCUT2D eigenvalue weighted by atomic mass is 16.6. The van der Waals surface area contributed by atoms with Crippen molar-refractivity contribution in [2.24, 2.45) is 0 Å². The molecule has 9 nitrogen and oxygen atoms in total. The van der Waals surface area contributed by atoms with Crippen LogP contribution in [0.1, 0.15) is 5.56 Å². The van der Waals surface area contributed by atoms with E-state index in [2.05, 4.69) is 4.98 Å². The topological polar surface area (TPSA) is 134 Å². The van der Waals surface area contributed by atoms with Crippen LogP contribution in [0.15, 0.2) is 36.5 Å². The van der Waals surface area contributed by atoms with E-state index < -0.39 is 15.7 Å². The van der Waals surface area contributed by atoms with Crippen LogP contribution in [0.4, 0.5) is 17.2 Å². The normalized spacial score (nSPS) is 10.1. The Hall–Kier alpha value is -3.23. The fraction of sp³-hybridized carbons (Fsp3) is 0.0833. The summed E-state index contributed by atoms with van der Waals surface area (Å²) in [6.45, 7) is -0.0757. The fourth-order valence-electron chi connectivity index (χ4n) is 1.63. The molecule has 0 unspecified atom stereocenters. The van der Waals surface area contributed by atoms with Gasteiger partial charge in [0.1, 0.15) is 18.5 Å². The van der Waals surface area contributed by atoms with Gasteiger partial charge in [-0.2, -0.15) is 0 Å². The molecule has 0 aliphatic heterocycles. The van der Waals surface area contributed by atoms with Crippen molar-refractivity contribution >= 4 is 17.2 Å². The molecular formula is C12H10N4O5. The molecule has 0 saturated carbocycles. The zero-order valence-corrected chi connectivity index (χ0v) is 10.6. The van der Waals surface area contributed by atoms with E-state index >= 15 is 0 Å². The van der Waals surface area contributed by atoms with Crippen molar-refractivity contribution in [2.45, 2.75) is 6.61 Å². The molecule has 2 rings (SSSR count). The number of nitrogens with zero attached hydrogens (tertiary/aromatic N) is 3. The molecule has 0 spiro atoms. The molecule has 0 amide bonds. The molecule has 0 fully saturated rings. The maximum absolute atomic E-state index is 10.8. The van der Waals surface area contributed by atoms with E-state index in [1.807, 2.05) is 0 Å². The molecule has 0 radical (unpaired) electrons. The zero-order valence-electron chi connectivity index (χ0n) is 10.6. The number of nitro benzene ring substituents is 1. The van der Waals surface area contributed by atoms with Gasteiger partial charge in [0.05, 0.1) is 4.92 Å². The third-order valence-corrected chi connectivity index (χ3v) is 2.61.